The molecule has 0 N–H and O–H groups in total. The molecule has 0 radical (unpaired) electrons. The third-order valence-corrected chi connectivity index (χ3v) is 6.41. The molecule has 1 atom stereocenters. The Bertz CT molecular complexity index is 959. The molecule has 1 heterocycles. The minimum atomic E-state index is 0.181. The van der Waals surface area contributed by atoms with Crippen LogP contribution in [-0.2, 0) is 6.42 Å². The summed E-state index contributed by atoms with van der Waals surface area (Å²) in [4.78, 5) is 15.0. The van der Waals surface area contributed by atoms with E-state index in [4.69, 9.17) is 4.98 Å². The molecule has 0 bridgehead atoms. The maximum atomic E-state index is 4.86. The summed E-state index contributed by atoms with van der Waals surface area (Å²) in [6.07, 6.45) is 2.72. The number of rotatable bonds is 9. The largest absolute Gasteiger partial charge is 0.309 e. The quantitative estimate of drug-likeness (QED) is 0.294. The molecular weight excluding hydrogens is 408 g/mol. The molecule has 0 aliphatic carbocycles. The maximum absolute atomic E-state index is 4.86. The van der Waals surface area contributed by atoms with Crippen molar-refractivity contribution in [1.82, 2.24) is 19.8 Å². The fourth-order valence-electron chi connectivity index (χ4n) is 2.98. The van der Waals surface area contributed by atoms with Crippen LogP contribution in [-0.4, -0.2) is 65.6 Å². The third kappa shape index (κ3) is 6.57. The van der Waals surface area contributed by atoms with Crippen LogP contribution in [0.15, 0.2) is 65.7 Å². The summed E-state index contributed by atoms with van der Waals surface area (Å²) in [5, 5.41) is 0.181. The summed E-state index contributed by atoms with van der Waals surface area (Å²) in [6.45, 7) is 1.06. The van der Waals surface area contributed by atoms with Crippen molar-refractivity contribution in [3.63, 3.8) is 0 Å². The Morgan fingerprint density at radius 2 is 1.73 bits per heavy atom. The molecule has 4 nitrogen and oxygen atoms in total. The van der Waals surface area contributed by atoms with E-state index in [1.54, 1.807) is 0 Å². The van der Waals surface area contributed by atoms with E-state index in [0.29, 0.717) is 0 Å². The zero-order valence-corrected chi connectivity index (χ0v) is 19.8. The van der Waals surface area contributed by atoms with Crippen LogP contribution in [0.1, 0.15) is 5.56 Å². The molecule has 1 unspecified atom stereocenters. The molecule has 3 rings (SSSR count). The van der Waals surface area contributed by atoms with E-state index in [-0.39, 0.29) is 5.37 Å². The van der Waals surface area contributed by atoms with Crippen LogP contribution in [0.4, 0.5) is 0 Å². The number of aromatic nitrogens is 2. The molecule has 0 aliphatic heterocycles. The second kappa shape index (κ2) is 11.0. The van der Waals surface area contributed by atoms with Crippen molar-refractivity contribution in [3.8, 4) is 22.6 Å². The molecule has 3 aromatic rings. The molecule has 0 spiro atoms. The smallest absolute Gasteiger partial charge is 0.159 e. The van der Waals surface area contributed by atoms with Gasteiger partial charge < -0.3 is 4.90 Å². The number of thiol groups is 1. The van der Waals surface area contributed by atoms with Crippen LogP contribution in [0.2, 0.25) is 0 Å². The summed E-state index contributed by atoms with van der Waals surface area (Å²) in [5.41, 5.74) is 4.33. The zero-order chi connectivity index (χ0) is 21.5. The van der Waals surface area contributed by atoms with Crippen molar-refractivity contribution < 1.29 is 0 Å². The first-order valence-corrected chi connectivity index (χ1v) is 11.6. The molecule has 0 saturated heterocycles. The van der Waals surface area contributed by atoms with Crippen molar-refractivity contribution in [1.29, 1.82) is 0 Å². The number of hydrogen-bond acceptors (Lipinski definition) is 6. The Morgan fingerprint density at radius 3 is 2.50 bits per heavy atom. The van der Waals surface area contributed by atoms with E-state index in [9.17, 15) is 0 Å². The van der Waals surface area contributed by atoms with Gasteiger partial charge in [0.25, 0.3) is 0 Å². The predicted octanol–water partition coefficient (Wildman–Crippen LogP) is 4.82. The van der Waals surface area contributed by atoms with E-state index in [2.05, 4.69) is 90.0 Å². The van der Waals surface area contributed by atoms with Gasteiger partial charge in [0.05, 0.1) is 11.1 Å². The summed E-state index contributed by atoms with van der Waals surface area (Å²) >= 11 is 6.53. The third-order valence-electron chi connectivity index (χ3n) is 4.79. The highest BCUT2D eigenvalue weighted by atomic mass is 32.2. The lowest BCUT2D eigenvalue weighted by Gasteiger charge is -2.18. The first kappa shape index (κ1) is 22.8. The molecule has 2 aromatic carbocycles. The lowest BCUT2D eigenvalue weighted by molar-refractivity contribution is 0.383. The van der Waals surface area contributed by atoms with Crippen molar-refractivity contribution >= 4 is 24.4 Å². The number of benzene rings is 2. The van der Waals surface area contributed by atoms with E-state index in [1.807, 2.05) is 38.1 Å². The summed E-state index contributed by atoms with van der Waals surface area (Å²) in [7, 11) is 8.29. The first-order valence-electron chi connectivity index (χ1n) is 10.1. The van der Waals surface area contributed by atoms with Crippen LogP contribution in [0.3, 0.4) is 0 Å². The monoisotopic (exact) mass is 438 g/mol. The minimum absolute atomic E-state index is 0.181. The molecule has 0 aliphatic rings. The molecule has 158 valence electrons. The van der Waals surface area contributed by atoms with E-state index in [1.165, 1.54) is 10.5 Å². The van der Waals surface area contributed by atoms with Gasteiger partial charge in [-0.15, -0.1) is 11.8 Å². The molecule has 0 fully saturated rings. The highest BCUT2D eigenvalue weighted by molar-refractivity contribution is 7.99. The van der Waals surface area contributed by atoms with Gasteiger partial charge in [-0.25, -0.2) is 9.97 Å². The lowest BCUT2D eigenvalue weighted by Crippen LogP contribution is -2.24. The minimum Gasteiger partial charge on any atom is -0.309 e. The van der Waals surface area contributed by atoms with Gasteiger partial charge in [0, 0.05) is 34.5 Å². The second-order valence-corrected chi connectivity index (χ2v) is 9.56. The maximum Gasteiger partial charge on any atom is 0.159 e. The molecule has 0 amide bonds. The fourth-order valence-corrected chi connectivity index (χ4v) is 4.27. The Hall–Kier alpha value is -1.86. The average Bonchev–Trinajstić information content (AvgIpc) is 2.74. The van der Waals surface area contributed by atoms with E-state index >= 15 is 0 Å². The normalized spacial score (nSPS) is 12.5. The van der Waals surface area contributed by atoms with Crippen LogP contribution in [0.5, 0.6) is 0 Å². The van der Waals surface area contributed by atoms with E-state index < -0.39 is 0 Å². The summed E-state index contributed by atoms with van der Waals surface area (Å²) < 4.78 is 0. The molecular formula is C24H30N4S2. The van der Waals surface area contributed by atoms with Gasteiger partial charge in [-0.05, 0) is 64.4 Å². The van der Waals surface area contributed by atoms with Crippen LogP contribution in [0, 0.1) is 0 Å². The van der Waals surface area contributed by atoms with Gasteiger partial charge in [-0.2, -0.15) is 12.6 Å². The molecule has 6 heteroatoms. The number of hydrogen-bond donors (Lipinski definition) is 1. The van der Waals surface area contributed by atoms with Gasteiger partial charge in [-0.3, -0.25) is 4.90 Å². The Morgan fingerprint density at radius 1 is 0.967 bits per heavy atom. The molecule has 30 heavy (non-hydrogen) atoms. The van der Waals surface area contributed by atoms with Crippen molar-refractivity contribution in [2.75, 3.05) is 40.5 Å². The Labute approximate surface area is 190 Å². The Balaban J connectivity index is 1.80. The number of thioether (sulfide) groups is 1. The van der Waals surface area contributed by atoms with Gasteiger partial charge in [0.15, 0.2) is 5.82 Å². The Kier molecular flexibility index (Phi) is 8.33. The van der Waals surface area contributed by atoms with Gasteiger partial charge in [-0.1, -0.05) is 30.3 Å². The zero-order valence-electron chi connectivity index (χ0n) is 18.1. The summed E-state index contributed by atoms with van der Waals surface area (Å²) in [5.74, 6) is 1.82. The van der Waals surface area contributed by atoms with E-state index in [0.717, 1.165) is 41.4 Å². The average molecular weight is 439 g/mol. The van der Waals surface area contributed by atoms with Crippen molar-refractivity contribution in [3.05, 3.63) is 66.4 Å². The lowest BCUT2D eigenvalue weighted by atomic mass is 10.1. The van der Waals surface area contributed by atoms with Crippen LogP contribution < -0.4 is 0 Å². The molecule has 0 saturated carbocycles. The van der Waals surface area contributed by atoms with Gasteiger partial charge in [0.1, 0.15) is 0 Å². The van der Waals surface area contributed by atoms with Gasteiger partial charge >= 0.3 is 0 Å². The van der Waals surface area contributed by atoms with Crippen LogP contribution in [0.25, 0.3) is 22.6 Å². The standard InChI is InChI=1S/C24H30N4S2/c1-27(2)13-14-30-21-10-6-8-19(17-21)22-11-12-25-24(26-22)20-9-5-7-18(15-20)16-23(29)28(3)4/h5-12,15,17,23,29H,13-14,16H2,1-4H3. The van der Waals surface area contributed by atoms with Crippen molar-refractivity contribution in [2.45, 2.75) is 16.7 Å². The number of likely N-dealkylation sites (N-methyl/N-ethyl adjacent to an activating group) is 1. The molecule has 1 aromatic heterocycles. The second-order valence-electron chi connectivity index (χ2n) is 7.79. The predicted molar refractivity (Wildman–Crippen MR) is 132 cm³/mol. The highest BCUT2D eigenvalue weighted by Gasteiger charge is 2.10. The topological polar surface area (TPSA) is 32.3 Å². The van der Waals surface area contributed by atoms with Crippen molar-refractivity contribution in [2.24, 2.45) is 0 Å². The van der Waals surface area contributed by atoms with Crippen LogP contribution >= 0.6 is 24.4 Å². The SMILES string of the molecule is CN(C)CCSc1cccc(-c2ccnc(-c3cccc(CC(S)N(C)C)c3)n2)c1. The highest BCUT2D eigenvalue weighted by Crippen LogP contribution is 2.26. The first-order chi connectivity index (χ1) is 14.4. The summed E-state index contributed by atoms with van der Waals surface area (Å²) in [6, 6.07) is 19.0. The van der Waals surface area contributed by atoms with Gasteiger partial charge in [0.2, 0.25) is 0 Å². The fraction of sp³-hybridized carbons (Fsp3) is 0.333. The number of nitrogens with zero attached hydrogens (tertiary/aromatic N) is 4.